The highest BCUT2D eigenvalue weighted by atomic mass is 32.2. The molecular weight excluding hydrogens is 338 g/mol. The average molecular weight is 357 g/mol. The van der Waals surface area contributed by atoms with E-state index < -0.39 is 15.8 Å². The second kappa shape index (κ2) is 6.24. The molecule has 3 rings (SSSR count). The van der Waals surface area contributed by atoms with E-state index in [1.54, 1.807) is 10.3 Å². The lowest BCUT2D eigenvalue weighted by Gasteiger charge is -2.28. The van der Waals surface area contributed by atoms with Gasteiger partial charge in [0.15, 0.2) is 16.4 Å². The number of nitrogens with zero attached hydrogens (tertiary/aromatic N) is 1. The van der Waals surface area contributed by atoms with Crippen molar-refractivity contribution in [1.29, 1.82) is 0 Å². The number of esters is 1. The number of aryl methyl sites for hydroxylation is 1. The molecule has 23 heavy (non-hydrogen) atoms. The quantitative estimate of drug-likeness (QED) is 0.744. The van der Waals surface area contributed by atoms with Crippen LogP contribution in [0.15, 0.2) is 11.4 Å². The van der Waals surface area contributed by atoms with Crippen LogP contribution >= 0.6 is 11.3 Å². The molecule has 0 aromatic carbocycles. The van der Waals surface area contributed by atoms with Crippen LogP contribution in [-0.2, 0) is 19.4 Å². The average Bonchev–Trinajstić information content (AvgIpc) is 3.12. The molecule has 2 heterocycles. The number of rotatable bonds is 5. The summed E-state index contributed by atoms with van der Waals surface area (Å²) in [7, 11) is -3.05. The molecule has 0 bridgehead atoms. The number of ether oxygens (including phenoxy) is 1. The van der Waals surface area contributed by atoms with E-state index in [0.29, 0.717) is 11.3 Å². The van der Waals surface area contributed by atoms with E-state index in [1.807, 2.05) is 13.0 Å². The molecule has 1 saturated carbocycles. The van der Waals surface area contributed by atoms with E-state index in [9.17, 15) is 18.0 Å². The number of hydrogen-bond donors (Lipinski definition) is 0. The van der Waals surface area contributed by atoms with Crippen molar-refractivity contribution in [1.82, 2.24) is 4.90 Å². The van der Waals surface area contributed by atoms with E-state index >= 15 is 0 Å². The molecule has 0 unspecified atom stereocenters. The standard InChI is InChI=1S/C15H19NO5S2/c1-10-4-6-22-14(10)15(18)21-8-13(17)16(11-2-3-11)12-5-7-23(19,20)9-12/h4,6,11-12H,2-3,5,7-9H2,1H3/t12-/m0/s1. The fourth-order valence-corrected chi connectivity index (χ4v) is 5.43. The molecule has 2 aliphatic rings. The van der Waals surface area contributed by atoms with Gasteiger partial charge in [0, 0.05) is 12.1 Å². The predicted molar refractivity (Wildman–Crippen MR) is 86.3 cm³/mol. The third kappa shape index (κ3) is 3.74. The second-order valence-electron chi connectivity index (χ2n) is 6.10. The lowest BCUT2D eigenvalue weighted by atomic mass is 10.2. The minimum atomic E-state index is -3.05. The first kappa shape index (κ1) is 16.4. The van der Waals surface area contributed by atoms with Crippen LogP contribution in [0.2, 0.25) is 0 Å². The van der Waals surface area contributed by atoms with Crippen molar-refractivity contribution in [3.8, 4) is 0 Å². The zero-order valence-electron chi connectivity index (χ0n) is 12.9. The zero-order chi connectivity index (χ0) is 16.6. The Hall–Kier alpha value is -1.41. The van der Waals surface area contributed by atoms with Gasteiger partial charge in [-0.15, -0.1) is 11.3 Å². The van der Waals surface area contributed by atoms with E-state index in [-0.39, 0.29) is 36.1 Å². The fraction of sp³-hybridized carbons (Fsp3) is 0.600. The summed E-state index contributed by atoms with van der Waals surface area (Å²) in [5.41, 5.74) is 0.827. The van der Waals surface area contributed by atoms with Gasteiger partial charge in [0.1, 0.15) is 4.88 Å². The molecule has 1 aliphatic carbocycles. The molecule has 6 nitrogen and oxygen atoms in total. The first-order valence-corrected chi connectivity index (χ1v) is 10.3. The Labute approximate surface area is 139 Å². The summed E-state index contributed by atoms with van der Waals surface area (Å²) in [6.45, 7) is 1.48. The smallest absolute Gasteiger partial charge is 0.349 e. The summed E-state index contributed by atoms with van der Waals surface area (Å²) in [5, 5.41) is 1.80. The molecule has 1 saturated heterocycles. The molecule has 2 fully saturated rings. The molecule has 1 aromatic rings. The van der Waals surface area contributed by atoms with Crippen LogP contribution in [0.4, 0.5) is 0 Å². The number of thiophene rings is 1. The molecule has 1 atom stereocenters. The Bertz CT molecular complexity index is 720. The van der Waals surface area contributed by atoms with Crippen LogP contribution < -0.4 is 0 Å². The highest BCUT2D eigenvalue weighted by molar-refractivity contribution is 7.91. The monoisotopic (exact) mass is 357 g/mol. The van der Waals surface area contributed by atoms with Crippen LogP contribution in [-0.4, -0.2) is 55.4 Å². The molecule has 8 heteroatoms. The highest BCUT2D eigenvalue weighted by Crippen LogP contribution is 2.32. The van der Waals surface area contributed by atoms with Gasteiger partial charge < -0.3 is 9.64 Å². The Morgan fingerprint density at radius 2 is 2.04 bits per heavy atom. The summed E-state index contributed by atoms with van der Waals surface area (Å²) in [4.78, 5) is 26.6. The summed E-state index contributed by atoms with van der Waals surface area (Å²) in [6.07, 6.45) is 2.25. The Morgan fingerprint density at radius 3 is 2.57 bits per heavy atom. The molecule has 0 N–H and O–H groups in total. The van der Waals surface area contributed by atoms with Crippen molar-refractivity contribution in [2.75, 3.05) is 18.1 Å². The molecule has 1 aliphatic heterocycles. The normalized spacial score (nSPS) is 22.7. The summed E-state index contributed by atoms with van der Waals surface area (Å²) < 4.78 is 28.4. The summed E-state index contributed by atoms with van der Waals surface area (Å²) >= 11 is 1.28. The van der Waals surface area contributed by atoms with Crippen LogP contribution in [0, 0.1) is 6.92 Å². The maximum Gasteiger partial charge on any atom is 0.349 e. The highest BCUT2D eigenvalue weighted by Gasteiger charge is 2.42. The SMILES string of the molecule is Cc1ccsc1C(=O)OCC(=O)N(C1CC1)[C@H]1CCS(=O)(=O)C1. The molecule has 126 valence electrons. The fourth-order valence-electron chi connectivity index (χ4n) is 2.90. The van der Waals surface area contributed by atoms with E-state index in [2.05, 4.69) is 0 Å². The summed E-state index contributed by atoms with van der Waals surface area (Å²) in [5.74, 6) is -0.645. The van der Waals surface area contributed by atoms with Crippen molar-refractivity contribution >= 4 is 33.1 Å². The number of sulfone groups is 1. The third-order valence-corrected chi connectivity index (χ3v) is 6.95. The van der Waals surface area contributed by atoms with Crippen LogP contribution in [0.5, 0.6) is 0 Å². The zero-order valence-corrected chi connectivity index (χ0v) is 14.5. The van der Waals surface area contributed by atoms with Gasteiger partial charge in [-0.05, 0) is 43.2 Å². The lowest BCUT2D eigenvalue weighted by molar-refractivity contribution is -0.137. The van der Waals surface area contributed by atoms with E-state index in [4.69, 9.17) is 4.74 Å². The van der Waals surface area contributed by atoms with Gasteiger partial charge in [-0.25, -0.2) is 13.2 Å². The summed E-state index contributed by atoms with van der Waals surface area (Å²) in [6, 6.07) is 1.65. The number of carbonyl (C=O) groups excluding carboxylic acids is 2. The van der Waals surface area contributed by atoms with Crippen molar-refractivity contribution in [2.45, 2.75) is 38.3 Å². The predicted octanol–water partition coefficient (Wildman–Crippen LogP) is 1.39. The minimum Gasteiger partial charge on any atom is -0.451 e. The van der Waals surface area contributed by atoms with Gasteiger partial charge in [0.05, 0.1) is 11.5 Å². The first-order valence-electron chi connectivity index (χ1n) is 7.60. The lowest BCUT2D eigenvalue weighted by Crippen LogP contribution is -2.44. The molecule has 0 radical (unpaired) electrons. The van der Waals surface area contributed by atoms with E-state index in [0.717, 1.165) is 18.4 Å². The van der Waals surface area contributed by atoms with Crippen molar-refractivity contribution in [3.05, 3.63) is 21.9 Å². The maximum atomic E-state index is 12.4. The van der Waals surface area contributed by atoms with Gasteiger partial charge in [-0.1, -0.05) is 0 Å². The molecule has 1 aromatic heterocycles. The molecule has 1 amide bonds. The van der Waals surface area contributed by atoms with Crippen LogP contribution in [0.25, 0.3) is 0 Å². The largest absolute Gasteiger partial charge is 0.451 e. The van der Waals surface area contributed by atoms with Crippen molar-refractivity contribution < 1.29 is 22.7 Å². The van der Waals surface area contributed by atoms with Gasteiger partial charge >= 0.3 is 5.97 Å². The van der Waals surface area contributed by atoms with Gasteiger partial charge in [0.25, 0.3) is 5.91 Å². The Balaban J connectivity index is 1.61. The Kier molecular flexibility index (Phi) is 4.46. The number of hydrogen-bond acceptors (Lipinski definition) is 6. The van der Waals surface area contributed by atoms with E-state index in [1.165, 1.54) is 11.3 Å². The van der Waals surface area contributed by atoms with Gasteiger partial charge in [-0.2, -0.15) is 0 Å². The minimum absolute atomic E-state index is 0.0211. The maximum absolute atomic E-state index is 12.4. The number of carbonyl (C=O) groups is 2. The van der Waals surface area contributed by atoms with Gasteiger partial charge in [-0.3, -0.25) is 4.79 Å². The van der Waals surface area contributed by atoms with Gasteiger partial charge in [0.2, 0.25) is 0 Å². The topological polar surface area (TPSA) is 80.8 Å². The molecular formula is C15H19NO5S2. The second-order valence-corrected chi connectivity index (χ2v) is 9.24. The third-order valence-electron chi connectivity index (χ3n) is 4.20. The van der Waals surface area contributed by atoms with Crippen molar-refractivity contribution in [2.24, 2.45) is 0 Å². The first-order chi connectivity index (χ1) is 10.9. The Morgan fingerprint density at radius 1 is 1.30 bits per heavy atom. The van der Waals surface area contributed by atoms with Crippen LogP contribution in [0.3, 0.4) is 0 Å². The molecule has 0 spiro atoms. The van der Waals surface area contributed by atoms with Crippen molar-refractivity contribution in [3.63, 3.8) is 0 Å². The number of amides is 1. The van der Waals surface area contributed by atoms with Crippen LogP contribution in [0.1, 0.15) is 34.5 Å².